The van der Waals surface area contributed by atoms with Gasteiger partial charge in [0.05, 0.1) is 11.9 Å². The largest absolute Gasteiger partial charge is 0.332 e. The number of anilines is 1. The normalized spacial score (nSPS) is 20.3. The number of piperazine rings is 1. The number of piperidine rings is 1. The Labute approximate surface area is 155 Å². The average Bonchev–Trinajstić information content (AvgIpc) is 3.01. The molecule has 7 nitrogen and oxygen atoms in total. The third kappa shape index (κ3) is 4.73. The van der Waals surface area contributed by atoms with Gasteiger partial charge >= 0.3 is 0 Å². The third-order valence-corrected chi connectivity index (χ3v) is 5.26. The Morgan fingerprint density at radius 1 is 1.36 bits per heavy atom. The molecule has 3 rings (SSSR count). The number of nitrogens with zero attached hydrogens (tertiary/aromatic N) is 4. The van der Waals surface area contributed by atoms with E-state index in [0.29, 0.717) is 31.3 Å². The van der Waals surface area contributed by atoms with Crippen molar-refractivity contribution in [2.24, 2.45) is 18.9 Å². The molecule has 1 unspecified atom stereocenters. The molecule has 2 aliphatic rings. The molecule has 1 atom stereocenters. The molecule has 0 radical (unpaired) electrons. The van der Waals surface area contributed by atoms with Crippen molar-refractivity contribution in [3.05, 3.63) is 12.4 Å². The second kappa shape index (κ2) is 8.67. The minimum Gasteiger partial charge on any atom is -0.332 e. The fourth-order valence-electron chi connectivity index (χ4n) is 3.69. The molecule has 2 aliphatic heterocycles. The monoisotopic (exact) mass is 369 g/mol. The number of hydrogen-bond donors (Lipinski definition) is 1. The summed E-state index contributed by atoms with van der Waals surface area (Å²) >= 11 is 0. The van der Waals surface area contributed by atoms with E-state index in [1.54, 1.807) is 20.7 Å². The number of halogens is 1. The molecule has 1 N–H and O–H groups in total. The second-order valence-electron chi connectivity index (χ2n) is 7.00. The number of hydrogen-bond acceptors (Lipinski definition) is 4. The molecule has 1 aromatic rings. The van der Waals surface area contributed by atoms with Crippen LogP contribution < -0.4 is 10.2 Å². The summed E-state index contributed by atoms with van der Waals surface area (Å²) in [7, 11) is 1.83. The van der Waals surface area contributed by atoms with Gasteiger partial charge in [-0.15, -0.1) is 12.4 Å². The van der Waals surface area contributed by atoms with Crippen molar-refractivity contribution >= 4 is 29.9 Å². The summed E-state index contributed by atoms with van der Waals surface area (Å²) in [5, 5.41) is 7.47. The fraction of sp³-hybridized carbons (Fsp3) is 0.706. The molecule has 0 aliphatic carbocycles. The van der Waals surface area contributed by atoms with E-state index in [1.165, 1.54) is 0 Å². The van der Waals surface area contributed by atoms with Crippen LogP contribution in [-0.4, -0.2) is 59.2 Å². The molecule has 0 bridgehead atoms. The molecule has 25 heavy (non-hydrogen) atoms. The van der Waals surface area contributed by atoms with Crippen LogP contribution in [0.2, 0.25) is 0 Å². The standard InChI is InChI=1S/C17H27N5O2.ClH/c1-13(14-3-5-18-6-4-14)9-16(23)21-7-8-22(17(24)12-21)15-10-19-20(2)11-15;/h10-11,13-14,18H,3-9,12H2,1-2H3;1H. The van der Waals surface area contributed by atoms with Gasteiger partial charge in [-0.1, -0.05) is 6.92 Å². The van der Waals surface area contributed by atoms with Gasteiger partial charge in [0.15, 0.2) is 0 Å². The number of carbonyl (C=O) groups is 2. The minimum atomic E-state index is -0.0304. The zero-order valence-electron chi connectivity index (χ0n) is 15.0. The van der Waals surface area contributed by atoms with E-state index in [2.05, 4.69) is 17.3 Å². The predicted octanol–water partition coefficient (Wildman–Crippen LogP) is 1.04. The summed E-state index contributed by atoms with van der Waals surface area (Å²) in [6, 6.07) is 0. The first kappa shape index (κ1) is 19.7. The summed E-state index contributed by atoms with van der Waals surface area (Å²) in [6.45, 7) is 5.57. The Morgan fingerprint density at radius 3 is 2.68 bits per heavy atom. The van der Waals surface area contributed by atoms with Crippen molar-refractivity contribution in [2.75, 3.05) is 37.6 Å². The molecular formula is C17H28ClN5O2. The average molecular weight is 370 g/mol. The van der Waals surface area contributed by atoms with Crippen LogP contribution in [0.1, 0.15) is 26.2 Å². The van der Waals surface area contributed by atoms with Gasteiger partial charge in [-0.3, -0.25) is 14.3 Å². The van der Waals surface area contributed by atoms with Crippen molar-refractivity contribution in [2.45, 2.75) is 26.2 Å². The lowest BCUT2D eigenvalue weighted by Gasteiger charge is -2.35. The van der Waals surface area contributed by atoms with Crippen LogP contribution in [0.5, 0.6) is 0 Å². The van der Waals surface area contributed by atoms with E-state index in [1.807, 2.05) is 13.2 Å². The van der Waals surface area contributed by atoms with Crippen molar-refractivity contribution in [1.29, 1.82) is 0 Å². The van der Waals surface area contributed by atoms with Gasteiger partial charge in [0, 0.05) is 32.8 Å². The van der Waals surface area contributed by atoms with E-state index in [-0.39, 0.29) is 30.8 Å². The Bertz CT molecular complexity index is 600. The molecular weight excluding hydrogens is 342 g/mol. The first-order valence-electron chi connectivity index (χ1n) is 8.82. The number of aromatic nitrogens is 2. The topological polar surface area (TPSA) is 70.5 Å². The third-order valence-electron chi connectivity index (χ3n) is 5.26. The maximum absolute atomic E-state index is 12.6. The van der Waals surface area contributed by atoms with Crippen LogP contribution in [0, 0.1) is 11.8 Å². The minimum absolute atomic E-state index is 0. The Kier molecular flexibility index (Phi) is 6.84. The lowest BCUT2D eigenvalue weighted by atomic mass is 9.84. The number of carbonyl (C=O) groups excluding carboxylic acids is 2. The molecule has 8 heteroatoms. The van der Waals surface area contributed by atoms with Crippen LogP contribution in [0.4, 0.5) is 5.69 Å². The van der Waals surface area contributed by atoms with Gasteiger partial charge in [0.2, 0.25) is 11.8 Å². The van der Waals surface area contributed by atoms with E-state index in [0.717, 1.165) is 31.6 Å². The van der Waals surface area contributed by atoms with Gasteiger partial charge in [-0.25, -0.2) is 0 Å². The second-order valence-corrected chi connectivity index (χ2v) is 7.00. The van der Waals surface area contributed by atoms with E-state index < -0.39 is 0 Å². The van der Waals surface area contributed by atoms with E-state index >= 15 is 0 Å². The zero-order valence-corrected chi connectivity index (χ0v) is 15.8. The van der Waals surface area contributed by atoms with Crippen molar-refractivity contribution in [3.63, 3.8) is 0 Å². The van der Waals surface area contributed by atoms with Crippen LogP contribution in [0.3, 0.4) is 0 Å². The highest BCUT2D eigenvalue weighted by Gasteiger charge is 2.30. The quantitative estimate of drug-likeness (QED) is 0.861. The lowest BCUT2D eigenvalue weighted by Crippen LogP contribution is -2.52. The first-order chi connectivity index (χ1) is 11.5. The summed E-state index contributed by atoms with van der Waals surface area (Å²) in [6.07, 6.45) is 6.35. The van der Waals surface area contributed by atoms with Crippen molar-refractivity contribution in [3.8, 4) is 0 Å². The Balaban J connectivity index is 0.00000225. The van der Waals surface area contributed by atoms with E-state index in [9.17, 15) is 9.59 Å². The highest BCUT2D eigenvalue weighted by Crippen LogP contribution is 2.25. The highest BCUT2D eigenvalue weighted by molar-refractivity contribution is 5.97. The predicted molar refractivity (Wildman–Crippen MR) is 98.8 cm³/mol. The first-order valence-corrected chi connectivity index (χ1v) is 8.82. The number of rotatable bonds is 4. The van der Waals surface area contributed by atoms with Crippen molar-refractivity contribution in [1.82, 2.24) is 20.0 Å². The molecule has 2 saturated heterocycles. The number of amides is 2. The zero-order chi connectivity index (χ0) is 17.1. The SMILES string of the molecule is CC(CC(=O)N1CCN(c2cnn(C)c2)C(=O)C1)C1CCNCC1.Cl. The van der Waals surface area contributed by atoms with Gasteiger partial charge < -0.3 is 15.1 Å². The molecule has 0 saturated carbocycles. The Hall–Kier alpha value is -1.60. The number of nitrogens with one attached hydrogen (secondary N) is 1. The summed E-state index contributed by atoms with van der Waals surface area (Å²) in [5.41, 5.74) is 0.803. The highest BCUT2D eigenvalue weighted by atomic mass is 35.5. The maximum Gasteiger partial charge on any atom is 0.246 e. The van der Waals surface area contributed by atoms with Gasteiger partial charge in [-0.05, 0) is 37.8 Å². The van der Waals surface area contributed by atoms with Gasteiger partial charge in [-0.2, -0.15) is 5.10 Å². The number of aryl methyl sites for hydroxylation is 1. The van der Waals surface area contributed by atoms with Crippen LogP contribution in [0.25, 0.3) is 0 Å². The van der Waals surface area contributed by atoms with Gasteiger partial charge in [0.1, 0.15) is 6.54 Å². The van der Waals surface area contributed by atoms with Crippen LogP contribution in [0.15, 0.2) is 12.4 Å². The molecule has 2 fully saturated rings. The lowest BCUT2D eigenvalue weighted by molar-refractivity contribution is -0.137. The van der Waals surface area contributed by atoms with Crippen LogP contribution >= 0.6 is 12.4 Å². The molecule has 3 heterocycles. The molecule has 1 aromatic heterocycles. The van der Waals surface area contributed by atoms with Crippen molar-refractivity contribution < 1.29 is 9.59 Å². The Morgan fingerprint density at radius 2 is 2.08 bits per heavy atom. The summed E-state index contributed by atoms with van der Waals surface area (Å²) in [4.78, 5) is 28.4. The van der Waals surface area contributed by atoms with Crippen LogP contribution in [-0.2, 0) is 16.6 Å². The molecule has 140 valence electrons. The summed E-state index contributed by atoms with van der Waals surface area (Å²) in [5.74, 6) is 1.07. The van der Waals surface area contributed by atoms with E-state index in [4.69, 9.17) is 0 Å². The maximum atomic E-state index is 12.6. The van der Waals surface area contributed by atoms with Gasteiger partial charge in [0.25, 0.3) is 0 Å². The molecule has 0 spiro atoms. The molecule has 0 aromatic carbocycles. The fourth-order valence-corrected chi connectivity index (χ4v) is 3.69. The molecule has 2 amide bonds. The smallest absolute Gasteiger partial charge is 0.246 e. The summed E-state index contributed by atoms with van der Waals surface area (Å²) < 4.78 is 1.68.